The van der Waals surface area contributed by atoms with E-state index in [-0.39, 0.29) is 5.78 Å². The van der Waals surface area contributed by atoms with Crippen LogP contribution in [0, 0.1) is 5.41 Å². The fourth-order valence-electron chi connectivity index (χ4n) is 1.20. The highest BCUT2D eigenvalue weighted by Gasteiger charge is 2.28. The highest BCUT2D eigenvalue weighted by molar-refractivity contribution is 5.88. The number of benzene rings is 1. The van der Waals surface area contributed by atoms with Gasteiger partial charge in [-0.15, -0.1) is 0 Å². The van der Waals surface area contributed by atoms with E-state index in [9.17, 15) is 9.90 Å². The molecule has 0 fully saturated rings. The van der Waals surface area contributed by atoms with Gasteiger partial charge in [-0.1, -0.05) is 51.1 Å². The molecule has 0 aliphatic heterocycles. The van der Waals surface area contributed by atoms with Gasteiger partial charge in [0.15, 0.2) is 5.78 Å². The summed E-state index contributed by atoms with van der Waals surface area (Å²) in [7, 11) is 0. The van der Waals surface area contributed by atoms with Gasteiger partial charge >= 0.3 is 0 Å². The summed E-state index contributed by atoms with van der Waals surface area (Å²) < 4.78 is 0. The van der Waals surface area contributed by atoms with Crippen molar-refractivity contribution >= 4 is 5.78 Å². The number of carbonyl (C=O) groups excluding carboxylic acids is 1. The van der Waals surface area contributed by atoms with E-state index in [1.54, 1.807) is 12.1 Å². The second-order valence-corrected chi connectivity index (χ2v) is 4.43. The number of ketones is 1. The largest absolute Gasteiger partial charge is 0.381 e. The lowest BCUT2D eigenvalue weighted by atomic mass is 9.85. The van der Waals surface area contributed by atoms with E-state index < -0.39 is 11.5 Å². The Kier molecular flexibility index (Phi) is 3.06. The van der Waals surface area contributed by atoms with Gasteiger partial charge in [-0.25, -0.2) is 0 Å². The van der Waals surface area contributed by atoms with Crippen molar-refractivity contribution in [2.75, 3.05) is 0 Å². The quantitative estimate of drug-likeness (QED) is 0.780. The van der Waals surface area contributed by atoms with Crippen LogP contribution in [0.25, 0.3) is 0 Å². The van der Waals surface area contributed by atoms with Crippen molar-refractivity contribution in [2.24, 2.45) is 5.41 Å². The summed E-state index contributed by atoms with van der Waals surface area (Å²) in [6, 6.07) is 9.00. The number of aliphatic hydroxyl groups is 1. The minimum absolute atomic E-state index is 0.149. The third-order valence-corrected chi connectivity index (χ3v) is 2.10. The maximum atomic E-state index is 11.7. The minimum atomic E-state index is -1.00. The molecule has 0 aliphatic carbocycles. The molecule has 0 aromatic heterocycles. The first-order valence-electron chi connectivity index (χ1n) is 4.70. The van der Waals surface area contributed by atoms with E-state index in [0.717, 1.165) is 0 Å². The van der Waals surface area contributed by atoms with Crippen LogP contribution in [0.1, 0.15) is 32.4 Å². The normalized spacial score (nSPS) is 13.7. The summed E-state index contributed by atoms with van der Waals surface area (Å²) in [6.07, 6.45) is -1.00. The zero-order chi connectivity index (χ0) is 10.8. The summed E-state index contributed by atoms with van der Waals surface area (Å²) in [5.41, 5.74) is 0.155. The highest BCUT2D eigenvalue weighted by Crippen LogP contribution is 2.25. The van der Waals surface area contributed by atoms with Crippen LogP contribution in [-0.4, -0.2) is 10.9 Å². The Morgan fingerprint density at radius 3 is 2.14 bits per heavy atom. The second kappa shape index (κ2) is 3.93. The van der Waals surface area contributed by atoms with Crippen LogP contribution in [0.3, 0.4) is 0 Å². The number of aliphatic hydroxyl groups excluding tert-OH is 1. The van der Waals surface area contributed by atoms with Crippen LogP contribution in [0.15, 0.2) is 30.3 Å². The van der Waals surface area contributed by atoms with Crippen molar-refractivity contribution in [1.29, 1.82) is 0 Å². The van der Waals surface area contributed by atoms with Crippen LogP contribution in [0.5, 0.6) is 0 Å². The summed E-state index contributed by atoms with van der Waals surface area (Å²) >= 11 is 0. The van der Waals surface area contributed by atoms with Gasteiger partial charge in [-0.2, -0.15) is 0 Å². The van der Waals surface area contributed by atoms with E-state index >= 15 is 0 Å². The van der Waals surface area contributed by atoms with Crippen molar-refractivity contribution in [3.05, 3.63) is 35.9 Å². The summed E-state index contributed by atoms with van der Waals surface area (Å²) in [5.74, 6) is -0.149. The van der Waals surface area contributed by atoms with Gasteiger partial charge in [0, 0.05) is 5.41 Å². The van der Waals surface area contributed by atoms with Crippen LogP contribution in [0.2, 0.25) is 0 Å². The van der Waals surface area contributed by atoms with Gasteiger partial charge in [-0.05, 0) is 5.56 Å². The lowest BCUT2D eigenvalue weighted by Gasteiger charge is -2.20. The fraction of sp³-hybridized carbons (Fsp3) is 0.417. The molecule has 0 saturated heterocycles. The minimum Gasteiger partial charge on any atom is -0.381 e. The van der Waals surface area contributed by atoms with E-state index in [4.69, 9.17) is 0 Å². The van der Waals surface area contributed by atoms with E-state index in [0.29, 0.717) is 5.56 Å². The van der Waals surface area contributed by atoms with Crippen LogP contribution < -0.4 is 0 Å². The van der Waals surface area contributed by atoms with Crippen molar-refractivity contribution in [3.8, 4) is 0 Å². The van der Waals surface area contributed by atoms with Crippen molar-refractivity contribution in [2.45, 2.75) is 26.9 Å². The van der Waals surface area contributed by atoms with Gasteiger partial charge < -0.3 is 5.11 Å². The van der Waals surface area contributed by atoms with Crippen molar-refractivity contribution in [1.82, 2.24) is 0 Å². The fourth-order valence-corrected chi connectivity index (χ4v) is 1.20. The Hall–Kier alpha value is -1.15. The SMILES string of the molecule is CC(C)(C)C(=O)[C@H](O)c1ccccc1. The predicted octanol–water partition coefficient (Wildman–Crippen LogP) is 2.34. The molecule has 0 aliphatic rings. The Morgan fingerprint density at radius 2 is 1.71 bits per heavy atom. The molecule has 0 spiro atoms. The molecule has 0 radical (unpaired) electrons. The van der Waals surface area contributed by atoms with Crippen LogP contribution >= 0.6 is 0 Å². The van der Waals surface area contributed by atoms with Gasteiger partial charge in [0.05, 0.1) is 0 Å². The maximum absolute atomic E-state index is 11.7. The van der Waals surface area contributed by atoms with Crippen molar-refractivity contribution in [3.63, 3.8) is 0 Å². The lowest BCUT2D eigenvalue weighted by Crippen LogP contribution is -2.26. The number of hydrogen-bond acceptors (Lipinski definition) is 2. The molecule has 2 heteroatoms. The molecule has 0 amide bonds. The molecule has 1 atom stereocenters. The average Bonchev–Trinajstić information content (AvgIpc) is 2.15. The topological polar surface area (TPSA) is 37.3 Å². The zero-order valence-electron chi connectivity index (χ0n) is 8.82. The number of rotatable bonds is 2. The monoisotopic (exact) mass is 192 g/mol. The Bertz CT molecular complexity index is 309. The molecule has 0 heterocycles. The molecule has 14 heavy (non-hydrogen) atoms. The molecule has 0 saturated carbocycles. The second-order valence-electron chi connectivity index (χ2n) is 4.43. The molecule has 1 rings (SSSR count). The van der Waals surface area contributed by atoms with Gasteiger partial charge in [0.2, 0.25) is 0 Å². The molecular weight excluding hydrogens is 176 g/mol. The summed E-state index contributed by atoms with van der Waals surface area (Å²) in [6.45, 7) is 5.42. The first kappa shape index (κ1) is 10.9. The zero-order valence-corrected chi connectivity index (χ0v) is 8.82. The first-order valence-corrected chi connectivity index (χ1v) is 4.70. The maximum Gasteiger partial charge on any atom is 0.171 e. The highest BCUT2D eigenvalue weighted by atomic mass is 16.3. The lowest BCUT2D eigenvalue weighted by molar-refractivity contribution is -0.135. The molecule has 1 aromatic carbocycles. The first-order chi connectivity index (χ1) is 6.43. The standard InChI is InChI=1S/C12H16O2/c1-12(2,3)11(14)10(13)9-7-5-4-6-8-9/h4-8,10,13H,1-3H3/t10-/m1/s1. The molecule has 0 bridgehead atoms. The van der Waals surface area contributed by atoms with E-state index in [1.165, 1.54) is 0 Å². The van der Waals surface area contributed by atoms with Gasteiger partial charge in [0.25, 0.3) is 0 Å². The number of Topliss-reactive ketones (excluding diaryl/α,β-unsaturated/α-hetero) is 1. The third-order valence-electron chi connectivity index (χ3n) is 2.10. The number of hydrogen-bond donors (Lipinski definition) is 1. The molecule has 0 unspecified atom stereocenters. The Balaban J connectivity index is 2.87. The van der Waals surface area contributed by atoms with Gasteiger partial charge in [-0.3, -0.25) is 4.79 Å². The smallest absolute Gasteiger partial charge is 0.171 e. The van der Waals surface area contributed by atoms with Gasteiger partial charge in [0.1, 0.15) is 6.10 Å². The molecule has 76 valence electrons. The summed E-state index contributed by atoms with van der Waals surface area (Å²) in [4.78, 5) is 11.7. The third kappa shape index (κ3) is 2.42. The van der Waals surface area contributed by atoms with Crippen LogP contribution in [-0.2, 0) is 4.79 Å². The Labute approximate surface area is 84.6 Å². The molecular formula is C12H16O2. The predicted molar refractivity (Wildman–Crippen MR) is 55.9 cm³/mol. The molecule has 2 nitrogen and oxygen atoms in total. The molecule has 1 N–H and O–H groups in total. The van der Waals surface area contributed by atoms with Crippen LogP contribution in [0.4, 0.5) is 0 Å². The van der Waals surface area contributed by atoms with E-state index in [2.05, 4.69) is 0 Å². The average molecular weight is 192 g/mol. The summed E-state index contributed by atoms with van der Waals surface area (Å²) in [5, 5.41) is 9.78. The Morgan fingerprint density at radius 1 is 1.21 bits per heavy atom. The molecule has 1 aromatic rings. The number of carbonyl (C=O) groups is 1. The van der Waals surface area contributed by atoms with E-state index in [1.807, 2.05) is 39.0 Å². The van der Waals surface area contributed by atoms with Crippen molar-refractivity contribution < 1.29 is 9.90 Å².